The van der Waals surface area contributed by atoms with Crippen molar-refractivity contribution in [3.8, 4) is 0 Å². The Balaban J connectivity index is 0.00000676. The number of carbonyl (C=O) groups is 1. The average molecular weight is 497 g/mol. The summed E-state index contributed by atoms with van der Waals surface area (Å²) in [6.45, 7) is 10.5. The summed E-state index contributed by atoms with van der Waals surface area (Å²) in [6, 6.07) is 0.379. The molecule has 0 bridgehead atoms. The highest BCUT2D eigenvalue weighted by Crippen LogP contribution is 2.30. The molecule has 0 aromatic heterocycles. The number of amides is 1. The zero-order valence-electron chi connectivity index (χ0n) is 17.5. The summed E-state index contributed by atoms with van der Waals surface area (Å²) in [6.07, 6.45) is 4.84. The Morgan fingerprint density at radius 2 is 1.85 bits per heavy atom. The molecule has 1 heterocycles. The Morgan fingerprint density at radius 1 is 1.22 bits per heavy atom. The van der Waals surface area contributed by atoms with E-state index < -0.39 is 0 Å². The third-order valence-corrected chi connectivity index (χ3v) is 5.63. The van der Waals surface area contributed by atoms with Crippen molar-refractivity contribution in [3.63, 3.8) is 0 Å². The normalized spacial score (nSPS) is 16.6. The van der Waals surface area contributed by atoms with E-state index in [4.69, 9.17) is 4.99 Å². The van der Waals surface area contributed by atoms with Gasteiger partial charge in [-0.15, -0.1) is 24.0 Å². The first-order valence-electron chi connectivity index (χ1n) is 10.1. The van der Waals surface area contributed by atoms with Gasteiger partial charge in [0, 0.05) is 45.9 Å². The van der Waals surface area contributed by atoms with E-state index in [0.717, 1.165) is 64.2 Å². The lowest BCUT2D eigenvalue weighted by molar-refractivity contribution is -0.122. The zero-order chi connectivity index (χ0) is 19.4. The lowest BCUT2D eigenvalue weighted by Crippen LogP contribution is -2.50. The maximum Gasteiger partial charge on any atom is 0.233 e. The summed E-state index contributed by atoms with van der Waals surface area (Å²) in [5.74, 6) is 0.937. The smallest absolute Gasteiger partial charge is 0.233 e. The van der Waals surface area contributed by atoms with Gasteiger partial charge in [-0.3, -0.25) is 14.7 Å². The molecule has 160 valence electrons. The van der Waals surface area contributed by atoms with Crippen molar-refractivity contribution in [2.45, 2.75) is 58.9 Å². The Bertz CT molecular complexity index is 436. The molecule has 8 heteroatoms. The average Bonchev–Trinajstić information content (AvgIpc) is 2.66. The molecule has 0 radical (unpaired) electrons. The van der Waals surface area contributed by atoms with Crippen LogP contribution in [-0.2, 0) is 4.79 Å². The minimum Gasteiger partial charge on any atom is -0.396 e. The van der Waals surface area contributed by atoms with E-state index in [-0.39, 0.29) is 41.9 Å². The summed E-state index contributed by atoms with van der Waals surface area (Å²) in [4.78, 5) is 18.5. The Labute approximate surface area is 182 Å². The van der Waals surface area contributed by atoms with E-state index in [1.54, 1.807) is 7.05 Å². The molecule has 1 saturated heterocycles. The third kappa shape index (κ3) is 9.43. The highest BCUT2D eigenvalue weighted by Gasteiger charge is 2.26. The summed E-state index contributed by atoms with van der Waals surface area (Å²) in [5, 5.41) is 19.0. The molecule has 7 nitrogen and oxygen atoms in total. The van der Waals surface area contributed by atoms with Crippen LogP contribution in [0.4, 0.5) is 0 Å². The van der Waals surface area contributed by atoms with Crippen LogP contribution in [0, 0.1) is 5.41 Å². The van der Waals surface area contributed by atoms with Gasteiger partial charge < -0.3 is 21.1 Å². The quantitative estimate of drug-likeness (QED) is 0.209. The Kier molecular flexibility index (Phi) is 14.1. The number of halogens is 1. The molecular formula is C19H40IN5O2. The number of aliphatic hydroxyl groups is 1. The number of piperidine rings is 1. The Morgan fingerprint density at radius 3 is 2.33 bits per heavy atom. The van der Waals surface area contributed by atoms with Gasteiger partial charge in [-0.05, 0) is 44.4 Å². The zero-order valence-corrected chi connectivity index (χ0v) is 19.8. The number of carbonyl (C=O) groups excluding carboxylic acids is 1. The third-order valence-electron chi connectivity index (χ3n) is 5.63. The molecule has 1 aliphatic heterocycles. The van der Waals surface area contributed by atoms with Crippen molar-refractivity contribution in [1.82, 2.24) is 20.9 Å². The van der Waals surface area contributed by atoms with Gasteiger partial charge in [0.15, 0.2) is 5.96 Å². The molecule has 0 saturated carbocycles. The Hall–Kier alpha value is -0.610. The van der Waals surface area contributed by atoms with E-state index in [0.29, 0.717) is 12.6 Å². The van der Waals surface area contributed by atoms with Crippen LogP contribution in [0.3, 0.4) is 0 Å². The summed E-state index contributed by atoms with van der Waals surface area (Å²) < 4.78 is 0. The van der Waals surface area contributed by atoms with Gasteiger partial charge in [0.2, 0.25) is 5.91 Å². The first-order chi connectivity index (χ1) is 12.5. The van der Waals surface area contributed by atoms with Gasteiger partial charge in [0.25, 0.3) is 0 Å². The largest absolute Gasteiger partial charge is 0.396 e. The van der Waals surface area contributed by atoms with E-state index in [1.165, 1.54) is 0 Å². The second-order valence-corrected chi connectivity index (χ2v) is 7.24. The number of aliphatic hydroxyl groups excluding tert-OH is 1. The highest BCUT2D eigenvalue weighted by molar-refractivity contribution is 14.0. The number of nitrogens with zero attached hydrogens (tertiary/aromatic N) is 2. The molecule has 1 amide bonds. The molecule has 0 atom stereocenters. The van der Waals surface area contributed by atoms with Crippen molar-refractivity contribution in [3.05, 3.63) is 0 Å². The van der Waals surface area contributed by atoms with E-state index >= 15 is 0 Å². The molecular weight excluding hydrogens is 457 g/mol. The molecule has 1 fully saturated rings. The first kappa shape index (κ1) is 26.4. The predicted molar refractivity (Wildman–Crippen MR) is 123 cm³/mol. The van der Waals surface area contributed by atoms with Crippen LogP contribution in [-0.4, -0.2) is 74.3 Å². The number of hydrogen-bond donors (Lipinski definition) is 4. The van der Waals surface area contributed by atoms with Crippen LogP contribution in [0.1, 0.15) is 52.9 Å². The summed E-state index contributed by atoms with van der Waals surface area (Å²) >= 11 is 0. The van der Waals surface area contributed by atoms with Crippen LogP contribution in [0.2, 0.25) is 0 Å². The van der Waals surface area contributed by atoms with Gasteiger partial charge in [0.05, 0.1) is 6.54 Å². The summed E-state index contributed by atoms with van der Waals surface area (Å²) in [5.41, 5.74) is 0.0774. The predicted octanol–water partition coefficient (Wildman–Crippen LogP) is 1.56. The molecule has 1 rings (SSSR count). The number of hydrogen-bond acceptors (Lipinski definition) is 4. The molecule has 27 heavy (non-hydrogen) atoms. The maximum absolute atomic E-state index is 11.5. The van der Waals surface area contributed by atoms with Crippen LogP contribution in [0.15, 0.2) is 4.99 Å². The minimum atomic E-state index is 0. The number of likely N-dealkylation sites (tertiary alicyclic amines) is 1. The van der Waals surface area contributed by atoms with Gasteiger partial charge in [-0.2, -0.15) is 0 Å². The fourth-order valence-electron chi connectivity index (χ4n) is 3.42. The van der Waals surface area contributed by atoms with Gasteiger partial charge in [-0.25, -0.2) is 0 Å². The maximum atomic E-state index is 11.5. The monoisotopic (exact) mass is 497 g/mol. The summed E-state index contributed by atoms with van der Waals surface area (Å²) in [7, 11) is 1.68. The first-order valence-corrected chi connectivity index (χ1v) is 10.1. The highest BCUT2D eigenvalue weighted by atomic mass is 127. The SMILES string of the molecule is CCNC(=NCC(CC)(CC)CCO)NC1CCN(CC(=O)NC)CC1.I. The van der Waals surface area contributed by atoms with E-state index in [9.17, 15) is 9.90 Å². The van der Waals surface area contributed by atoms with Gasteiger partial charge in [-0.1, -0.05) is 13.8 Å². The van der Waals surface area contributed by atoms with Gasteiger partial charge in [0.1, 0.15) is 0 Å². The fourth-order valence-corrected chi connectivity index (χ4v) is 3.42. The molecule has 1 aliphatic rings. The topological polar surface area (TPSA) is 89.0 Å². The number of guanidine groups is 1. The number of rotatable bonds is 10. The standard InChI is InChI=1S/C19H39N5O2.HI/c1-5-19(6-2,10-13-25)15-22-18(21-7-3)23-16-8-11-24(12-9-16)14-17(26)20-4;/h16,25H,5-15H2,1-4H3,(H,20,26)(H2,21,22,23);1H. The molecule has 0 aromatic rings. The van der Waals surface area contributed by atoms with Crippen molar-refractivity contribution in [2.24, 2.45) is 10.4 Å². The van der Waals surface area contributed by atoms with Crippen LogP contribution in [0.5, 0.6) is 0 Å². The van der Waals surface area contributed by atoms with Crippen LogP contribution < -0.4 is 16.0 Å². The van der Waals surface area contributed by atoms with E-state index in [2.05, 4.69) is 41.6 Å². The molecule has 0 spiro atoms. The molecule has 4 N–H and O–H groups in total. The molecule has 0 aliphatic carbocycles. The van der Waals surface area contributed by atoms with Crippen molar-refractivity contribution in [1.29, 1.82) is 0 Å². The molecule has 0 aromatic carbocycles. The van der Waals surface area contributed by atoms with Gasteiger partial charge >= 0.3 is 0 Å². The van der Waals surface area contributed by atoms with Crippen LogP contribution >= 0.6 is 24.0 Å². The minimum absolute atomic E-state index is 0. The lowest BCUT2D eigenvalue weighted by atomic mass is 9.79. The second-order valence-electron chi connectivity index (χ2n) is 7.24. The van der Waals surface area contributed by atoms with E-state index in [1.807, 2.05) is 0 Å². The van der Waals surface area contributed by atoms with Crippen molar-refractivity contribution >= 4 is 35.8 Å². The van der Waals surface area contributed by atoms with Crippen molar-refractivity contribution < 1.29 is 9.90 Å². The molecule has 0 unspecified atom stereocenters. The lowest BCUT2D eigenvalue weighted by Gasteiger charge is -2.33. The van der Waals surface area contributed by atoms with Crippen LogP contribution in [0.25, 0.3) is 0 Å². The second kappa shape index (κ2) is 14.4. The number of aliphatic imine (C=N–C) groups is 1. The fraction of sp³-hybridized carbons (Fsp3) is 0.895. The number of likely N-dealkylation sites (N-methyl/N-ethyl adjacent to an activating group) is 1. The number of nitrogens with one attached hydrogen (secondary N) is 3. The van der Waals surface area contributed by atoms with Crippen molar-refractivity contribution in [2.75, 3.05) is 46.4 Å².